The van der Waals surface area contributed by atoms with Gasteiger partial charge in [0.1, 0.15) is 0 Å². The molecule has 0 aliphatic heterocycles. The number of carbonyl (C=O) groups excluding carboxylic acids is 2. The lowest BCUT2D eigenvalue weighted by Crippen LogP contribution is -2.33. The SMILES string of the molecule is CCCN(CC1CC1)C(=O)CCC(=O)OCC. The van der Waals surface area contributed by atoms with Gasteiger partial charge in [-0.3, -0.25) is 9.59 Å². The fraction of sp³-hybridized carbons (Fsp3) is 0.846. The Bertz CT molecular complexity index is 261. The Kier molecular flexibility index (Phi) is 6.01. The minimum atomic E-state index is -0.274. The molecule has 0 atom stereocenters. The zero-order valence-corrected chi connectivity index (χ0v) is 10.9. The molecular weight excluding hydrogens is 218 g/mol. The third-order valence-corrected chi connectivity index (χ3v) is 2.87. The third-order valence-electron chi connectivity index (χ3n) is 2.87. The quantitative estimate of drug-likeness (QED) is 0.610. The van der Waals surface area contributed by atoms with E-state index in [0.29, 0.717) is 12.5 Å². The van der Waals surface area contributed by atoms with Crippen LogP contribution in [0.25, 0.3) is 0 Å². The molecule has 1 aliphatic carbocycles. The second-order valence-electron chi connectivity index (χ2n) is 4.59. The number of esters is 1. The molecule has 0 saturated heterocycles. The van der Waals surface area contributed by atoms with Crippen LogP contribution in [0.4, 0.5) is 0 Å². The standard InChI is InChI=1S/C13H23NO3/c1-3-9-14(10-11-5-6-11)12(15)7-8-13(16)17-4-2/h11H,3-10H2,1-2H3. The van der Waals surface area contributed by atoms with E-state index in [2.05, 4.69) is 6.92 Å². The zero-order chi connectivity index (χ0) is 12.7. The summed E-state index contributed by atoms with van der Waals surface area (Å²) in [6, 6.07) is 0. The lowest BCUT2D eigenvalue weighted by molar-refractivity contribution is -0.145. The van der Waals surface area contributed by atoms with Crippen molar-refractivity contribution >= 4 is 11.9 Å². The van der Waals surface area contributed by atoms with Crippen molar-refractivity contribution < 1.29 is 14.3 Å². The molecule has 98 valence electrons. The van der Waals surface area contributed by atoms with Crippen LogP contribution < -0.4 is 0 Å². The minimum Gasteiger partial charge on any atom is -0.466 e. The Labute approximate surface area is 103 Å². The van der Waals surface area contributed by atoms with Crippen molar-refractivity contribution in [1.29, 1.82) is 0 Å². The number of rotatable bonds is 8. The van der Waals surface area contributed by atoms with Crippen LogP contribution in [0.3, 0.4) is 0 Å². The number of ether oxygens (including phenoxy) is 1. The molecule has 0 bridgehead atoms. The molecule has 1 fully saturated rings. The summed E-state index contributed by atoms with van der Waals surface area (Å²) in [5.74, 6) is 0.517. The first-order valence-electron chi connectivity index (χ1n) is 6.60. The molecule has 0 aromatic heterocycles. The largest absolute Gasteiger partial charge is 0.466 e. The van der Waals surface area contributed by atoms with Gasteiger partial charge >= 0.3 is 5.97 Å². The van der Waals surface area contributed by atoms with Gasteiger partial charge in [0.05, 0.1) is 13.0 Å². The first-order chi connectivity index (χ1) is 8.17. The smallest absolute Gasteiger partial charge is 0.306 e. The van der Waals surface area contributed by atoms with Gasteiger partial charge < -0.3 is 9.64 Å². The van der Waals surface area contributed by atoms with Crippen LogP contribution in [0.2, 0.25) is 0 Å². The summed E-state index contributed by atoms with van der Waals surface area (Å²) in [4.78, 5) is 25.0. The van der Waals surface area contributed by atoms with Gasteiger partial charge in [-0.05, 0) is 32.1 Å². The van der Waals surface area contributed by atoms with E-state index in [9.17, 15) is 9.59 Å². The highest BCUT2D eigenvalue weighted by molar-refractivity contribution is 5.81. The van der Waals surface area contributed by atoms with Gasteiger partial charge in [-0.15, -0.1) is 0 Å². The Morgan fingerprint density at radius 2 is 1.94 bits per heavy atom. The van der Waals surface area contributed by atoms with E-state index in [1.165, 1.54) is 12.8 Å². The molecule has 4 nitrogen and oxygen atoms in total. The number of amides is 1. The number of hydrogen-bond donors (Lipinski definition) is 0. The molecule has 0 heterocycles. The predicted octanol–water partition coefficient (Wildman–Crippen LogP) is 1.98. The molecule has 1 aliphatic rings. The normalized spacial score (nSPS) is 14.5. The minimum absolute atomic E-state index is 0.0896. The summed E-state index contributed by atoms with van der Waals surface area (Å²) in [6.07, 6.45) is 3.94. The van der Waals surface area contributed by atoms with Gasteiger partial charge in [0.15, 0.2) is 0 Å². The molecule has 1 rings (SSSR count). The first kappa shape index (κ1) is 14.0. The molecule has 4 heteroatoms. The van der Waals surface area contributed by atoms with Crippen molar-refractivity contribution in [2.24, 2.45) is 5.92 Å². The second-order valence-corrected chi connectivity index (χ2v) is 4.59. The third kappa shape index (κ3) is 5.71. The molecule has 17 heavy (non-hydrogen) atoms. The maximum Gasteiger partial charge on any atom is 0.306 e. The van der Waals surface area contributed by atoms with E-state index in [1.807, 2.05) is 4.90 Å². The lowest BCUT2D eigenvalue weighted by atomic mass is 10.2. The van der Waals surface area contributed by atoms with Crippen molar-refractivity contribution in [3.05, 3.63) is 0 Å². The van der Waals surface area contributed by atoms with Crippen LogP contribution in [0.15, 0.2) is 0 Å². The lowest BCUT2D eigenvalue weighted by Gasteiger charge is -2.21. The number of hydrogen-bond acceptors (Lipinski definition) is 3. The van der Waals surface area contributed by atoms with Crippen LogP contribution in [0.1, 0.15) is 46.0 Å². The summed E-state index contributed by atoms with van der Waals surface area (Å²) in [6.45, 7) is 5.90. The average molecular weight is 241 g/mol. The van der Waals surface area contributed by atoms with Crippen LogP contribution >= 0.6 is 0 Å². The van der Waals surface area contributed by atoms with Gasteiger partial charge in [-0.1, -0.05) is 6.92 Å². The molecular formula is C13H23NO3. The Hall–Kier alpha value is -1.06. The highest BCUT2D eigenvalue weighted by Gasteiger charge is 2.26. The van der Waals surface area contributed by atoms with Crippen molar-refractivity contribution in [1.82, 2.24) is 4.90 Å². The summed E-state index contributed by atoms with van der Waals surface area (Å²) in [5, 5.41) is 0. The van der Waals surface area contributed by atoms with Crippen molar-refractivity contribution in [2.45, 2.75) is 46.0 Å². The summed E-state index contributed by atoms with van der Waals surface area (Å²) in [5.41, 5.74) is 0. The van der Waals surface area contributed by atoms with Gasteiger partial charge in [-0.25, -0.2) is 0 Å². The van der Waals surface area contributed by atoms with Crippen molar-refractivity contribution in [2.75, 3.05) is 19.7 Å². The van der Waals surface area contributed by atoms with E-state index in [4.69, 9.17) is 4.74 Å². The van der Waals surface area contributed by atoms with E-state index in [1.54, 1.807) is 6.92 Å². The Morgan fingerprint density at radius 3 is 2.47 bits per heavy atom. The van der Waals surface area contributed by atoms with Crippen LogP contribution in [-0.2, 0) is 14.3 Å². The van der Waals surface area contributed by atoms with Gasteiger partial charge in [0, 0.05) is 19.5 Å². The van der Waals surface area contributed by atoms with Crippen molar-refractivity contribution in [3.8, 4) is 0 Å². The predicted molar refractivity (Wildman–Crippen MR) is 65.5 cm³/mol. The molecule has 0 aromatic rings. The van der Waals surface area contributed by atoms with E-state index >= 15 is 0 Å². The monoisotopic (exact) mass is 241 g/mol. The van der Waals surface area contributed by atoms with Crippen LogP contribution in [0.5, 0.6) is 0 Å². The van der Waals surface area contributed by atoms with E-state index in [-0.39, 0.29) is 24.7 Å². The van der Waals surface area contributed by atoms with Gasteiger partial charge in [0.2, 0.25) is 5.91 Å². The van der Waals surface area contributed by atoms with Crippen molar-refractivity contribution in [3.63, 3.8) is 0 Å². The number of nitrogens with zero attached hydrogens (tertiary/aromatic N) is 1. The first-order valence-corrected chi connectivity index (χ1v) is 6.60. The summed E-state index contributed by atoms with van der Waals surface area (Å²) >= 11 is 0. The average Bonchev–Trinajstić information content (AvgIpc) is 3.09. The molecule has 0 aromatic carbocycles. The van der Waals surface area contributed by atoms with Crippen LogP contribution in [0, 0.1) is 5.92 Å². The van der Waals surface area contributed by atoms with E-state index in [0.717, 1.165) is 19.5 Å². The number of carbonyl (C=O) groups is 2. The molecule has 1 amide bonds. The summed E-state index contributed by atoms with van der Waals surface area (Å²) < 4.78 is 4.82. The molecule has 0 N–H and O–H groups in total. The highest BCUT2D eigenvalue weighted by Crippen LogP contribution is 2.29. The van der Waals surface area contributed by atoms with Gasteiger partial charge in [-0.2, -0.15) is 0 Å². The fourth-order valence-electron chi connectivity index (χ4n) is 1.80. The molecule has 1 saturated carbocycles. The highest BCUT2D eigenvalue weighted by atomic mass is 16.5. The second kappa shape index (κ2) is 7.30. The maximum absolute atomic E-state index is 11.9. The summed E-state index contributed by atoms with van der Waals surface area (Å²) in [7, 11) is 0. The zero-order valence-electron chi connectivity index (χ0n) is 10.9. The maximum atomic E-state index is 11.9. The molecule has 0 unspecified atom stereocenters. The fourth-order valence-corrected chi connectivity index (χ4v) is 1.80. The Morgan fingerprint density at radius 1 is 1.24 bits per heavy atom. The Balaban J connectivity index is 2.27. The topological polar surface area (TPSA) is 46.6 Å². The van der Waals surface area contributed by atoms with Gasteiger partial charge in [0.25, 0.3) is 0 Å². The molecule has 0 spiro atoms. The van der Waals surface area contributed by atoms with E-state index < -0.39 is 0 Å². The van der Waals surface area contributed by atoms with Crippen LogP contribution in [-0.4, -0.2) is 36.5 Å². The molecule has 0 radical (unpaired) electrons.